The molecule has 3 N–H and O–H groups in total. The molecule has 4 rings (SSSR count). The minimum atomic E-state index is -0.443. The van der Waals surface area contributed by atoms with Gasteiger partial charge in [0, 0.05) is 18.5 Å². The highest BCUT2D eigenvalue weighted by Crippen LogP contribution is 2.43. The third-order valence-corrected chi connectivity index (χ3v) is 5.63. The molecular formula is C22H26N4O5. The van der Waals surface area contributed by atoms with Crippen molar-refractivity contribution in [1.82, 2.24) is 20.6 Å². The molecule has 0 bridgehead atoms. The van der Waals surface area contributed by atoms with E-state index in [1.165, 1.54) is 6.07 Å². The van der Waals surface area contributed by atoms with Gasteiger partial charge in [-0.15, -0.1) is 0 Å². The van der Waals surface area contributed by atoms with E-state index < -0.39 is 5.91 Å². The predicted molar refractivity (Wildman–Crippen MR) is 112 cm³/mol. The Morgan fingerprint density at radius 2 is 1.90 bits per heavy atom. The van der Waals surface area contributed by atoms with E-state index >= 15 is 0 Å². The topological polar surface area (TPSA) is 135 Å². The zero-order chi connectivity index (χ0) is 22.1. The lowest BCUT2D eigenvalue weighted by molar-refractivity contribution is 0.0947. The molecule has 31 heavy (non-hydrogen) atoms. The molecule has 1 saturated carbocycles. The van der Waals surface area contributed by atoms with Gasteiger partial charge in [-0.05, 0) is 37.3 Å². The Hall–Kier alpha value is -3.36. The minimum Gasteiger partial charge on any atom is -0.508 e. The molecule has 9 heteroatoms. The summed E-state index contributed by atoms with van der Waals surface area (Å²) in [6.07, 6.45) is 4.20. The van der Waals surface area contributed by atoms with Gasteiger partial charge in [0.05, 0.1) is 5.56 Å². The number of phenols is 2. The summed E-state index contributed by atoms with van der Waals surface area (Å²) >= 11 is 0. The molecule has 164 valence electrons. The molecule has 0 radical (unpaired) electrons. The summed E-state index contributed by atoms with van der Waals surface area (Å²) in [4.78, 5) is 17.2. The number of nitrogens with one attached hydrogen (secondary N) is 1. The number of amides is 1. The number of hydrogen-bond acceptors (Lipinski definition) is 8. The van der Waals surface area contributed by atoms with E-state index in [0.29, 0.717) is 18.0 Å². The molecule has 0 aliphatic heterocycles. The molecular weight excluding hydrogens is 400 g/mol. The van der Waals surface area contributed by atoms with E-state index in [1.54, 1.807) is 13.0 Å². The van der Waals surface area contributed by atoms with Crippen molar-refractivity contribution in [2.24, 2.45) is 0 Å². The SMILES string of the molecule is CCNC(=O)c1noc(-c2cc(C(C)C)c(O)cc2O)c1-c1noc(C2CCCC2)n1. The van der Waals surface area contributed by atoms with Crippen molar-refractivity contribution >= 4 is 5.91 Å². The van der Waals surface area contributed by atoms with Crippen LogP contribution in [0, 0.1) is 0 Å². The van der Waals surface area contributed by atoms with Crippen LogP contribution in [0.1, 0.15) is 80.2 Å². The van der Waals surface area contributed by atoms with Gasteiger partial charge in [-0.25, -0.2) is 0 Å². The molecule has 1 fully saturated rings. The first-order chi connectivity index (χ1) is 14.9. The summed E-state index contributed by atoms with van der Waals surface area (Å²) in [5.74, 6) is 0.365. The Bertz CT molecular complexity index is 1100. The van der Waals surface area contributed by atoms with Crippen LogP contribution in [0.5, 0.6) is 11.5 Å². The molecule has 0 spiro atoms. The highest BCUT2D eigenvalue weighted by molar-refractivity contribution is 6.01. The maximum Gasteiger partial charge on any atom is 0.274 e. The second kappa shape index (κ2) is 8.41. The Balaban J connectivity index is 1.87. The third-order valence-electron chi connectivity index (χ3n) is 5.63. The number of carbonyl (C=O) groups is 1. The van der Waals surface area contributed by atoms with E-state index in [-0.39, 0.29) is 51.7 Å². The van der Waals surface area contributed by atoms with Crippen molar-refractivity contribution in [1.29, 1.82) is 0 Å². The van der Waals surface area contributed by atoms with Crippen LogP contribution < -0.4 is 5.32 Å². The standard InChI is InChI=1S/C22H26N4O5/c1-4-23-21(29)18-17(20-24-22(31-26-20)12-7-5-6-8-12)19(30-25-18)14-9-13(11(2)3)15(27)10-16(14)28/h9-12,27-28H,4-8H2,1-3H3,(H,23,29). The second-order valence-corrected chi connectivity index (χ2v) is 8.12. The van der Waals surface area contributed by atoms with Gasteiger partial charge in [0.1, 0.15) is 17.1 Å². The maximum absolute atomic E-state index is 12.6. The molecule has 0 atom stereocenters. The van der Waals surface area contributed by atoms with Gasteiger partial charge >= 0.3 is 0 Å². The summed E-state index contributed by atoms with van der Waals surface area (Å²) in [5.41, 5.74) is 1.16. The molecule has 1 aromatic carbocycles. The van der Waals surface area contributed by atoms with Crippen LogP contribution >= 0.6 is 0 Å². The zero-order valence-corrected chi connectivity index (χ0v) is 17.8. The fraction of sp³-hybridized carbons (Fsp3) is 0.455. The number of nitrogens with zero attached hydrogens (tertiary/aromatic N) is 3. The molecule has 1 aliphatic rings. The lowest BCUT2D eigenvalue weighted by Crippen LogP contribution is -2.23. The minimum absolute atomic E-state index is 0.00673. The lowest BCUT2D eigenvalue weighted by atomic mass is 9.96. The van der Waals surface area contributed by atoms with E-state index in [2.05, 4.69) is 20.6 Å². The van der Waals surface area contributed by atoms with Gasteiger partial charge in [-0.1, -0.05) is 37.0 Å². The van der Waals surface area contributed by atoms with Gasteiger partial charge in [0.2, 0.25) is 11.7 Å². The summed E-state index contributed by atoms with van der Waals surface area (Å²) in [7, 11) is 0. The Kier molecular flexibility index (Phi) is 5.67. The molecule has 3 aromatic rings. The smallest absolute Gasteiger partial charge is 0.274 e. The molecule has 2 heterocycles. The van der Waals surface area contributed by atoms with Crippen LogP contribution in [0.15, 0.2) is 21.2 Å². The van der Waals surface area contributed by atoms with Crippen LogP contribution in [0.2, 0.25) is 0 Å². The Morgan fingerprint density at radius 3 is 2.58 bits per heavy atom. The van der Waals surface area contributed by atoms with E-state index in [1.807, 2.05) is 13.8 Å². The number of phenolic OH excluding ortho intramolecular Hbond substituents is 2. The Labute approximate surface area is 179 Å². The molecule has 2 aromatic heterocycles. The van der Waals surface area contributed by atoms with Crippen molar-refractivity contribution in [3.63, 3.8) is 0 Å². The fourth-order valence-electron chi connectivity index (χ4n) is 3.99. The van der Waals surface area contributed by atoms with Crippen LogP contribution in [0.4, 0.5) is 0 Å². The van der Waals surface area contributed by atoms with Crippen molar-refractivity contribution < 1.29 is 24.1 Å². The average molecular weight is 426 g/mol. The Morgan fingerprint density at radius 1 is 1.16 bits per heavy atom. The monoisotopic (exact) mass is 426 g/mol. The quantitative estimate of drug-likeness (QED) is 0.530. The van der Waals surface area contributed by atoms with E-state index in [4.69, 9.17) is 9.05 Å². The average Bonchev–Trinajstić information content (AvgIpc) is 3.47. The van der Waals surface area contributed by atoms with E-state index in [0.717, 1.165) is 25.7 Å². The zero-order valence-electron chi connectivity index (χ0n) is 17.8. The number of hydrogen-bond donors (Lipinski definition) is 3. The fourth-order valence-corrected chi connectivity index (χ4v) is 3.99. The van der Waals surface area contributed by atoms with Gasteiger partial charge in [0.25, 0.3) is 5.91 Å². The molecule has 1 amide bonds. The van der Waals surface area contributed by atoms with E-state index in [9.17, 15) is 15.0 Å². The first-order valence-electron chi connectivity index (χ1n) is 10.6. The second-order valence-electron chi connectivity index (χ2n) is 8.12. The first kappa shape index (κ1) is 20.9. The first-order valence-corrected chi connectivity index (χ1v) is 10.6. The highest BCUT2D eigenvalue weighted by Gasteiger charge is 2.31. The molecule has 9 nitrogen and oxygen atoms in total. The largest absolute Gasteiger partial charge is 0.508 e. The van der Waals surface area contributed by atoms with Gasteiger partial charge in [-0.2, -0.15) is 4.98 Å². The van der Waals surface area contributed by atoms with Crippen molar-refractivity contribution in [3.05, 3.63) is 29.3 Å². The van der Waals surface area contributed by atoms with Crippen molar-refractivity contribution in [2.45, 2.75) is 58.3 Å². The number of carbonyl (C=O) groups excluding carboxylic acids is 1. The summed E-state index contributed by atoms with van der Waals surface area (Å²) in [5, 5.41) is 31.5. The van der Waals surface area contributed by atoms with Crippen LogP contribution in [0.25, 0.3) is 22.7 Å². The van der Waals surface area contributed by atoms with Gasteiger partial charge < -0.3 is 24.6 Å². The van der Waals surface area contributed by atoms with Crippen molar-refractivity contribution in [2.75, 3.05) is 6.54 Å². The number of rotatable bonds is 6. The van der Waals surface area contributed by atoms with Crippen LogP contribution in [0.3, 0.4) is 0 Å². The number of aromatic nitrogens is 3. The van der Waals surface area contributed by atoms with Crippen LogP contribution in [-0.2, 0) is 0 Å². The summed E-state index contributed by atoms with van der Waals surface area (Å²) < 4.78 is 11.0. The number of benzene rings is 1. The lowest BCUT2D eigenvalue weighted by Gasteiger charge is -2.11. The highest BCUT2D eigenvalue weighted by atomic mass is 16.5. The molecule has 0 unspecified atom stereocenters. The normalized spacial score (nSPS) is 14.5. The summed E-state index contributed by atoms with van der Waals surface area (Å²) in [6.45, 7) is 6.04. The third kappa shape index (κ3) is 3.87. The van der Waals surface area contributed by atoms with Crippen molar-refractivity contribution in [3.8, 4) is 34.2 Å². The van der Waals surface area contributed by atoms with Gasteiger partial charge in [0.15, 0.2) is 11.5 Å². The molecule has 1 aliphatic carbocycles. The summed E-state index contributed by atoms with van der Waals surface area (Å²) in [6, 6.07) is 2.88. The molecule has 0 saturated heterocycles. The van der Waals surface area contributed by atoms with Crippen LogP contribution in [-0.4, -0.2) is 38.0 Å². The van der Waals surface area contributed by atoms with Gasteiger partial charge in [-0.3, -0.25) is 4.79 Å². The number of aromatic hydroxyl groups is 2. The maximum atomic E-state index is 12.6. The predicted octanol–water partition coefficient (Wildman–Crippen LogP) is 4.33.